The molecule has 3 aliphatic heterocycles. The number of imide groups is 2. The van der Waals surface area contributed by atoms with Gasteiger partial charge in [0, 0.05) is 24.9 Å². The van der Waals surface area contributed by atoms with Crippen molar-refractivity contribution in [2.45, 2.75) is 50.2 Å². The lowest BCUT2D eigenvalue weighted by Gasteiger charge is -2.27. The van der Waals surface area contributed by atoms with Crippen molar-refractivity contribution in [1.82, 2.24) is 20.9 Å². The normalized spacial score (nSPS) is 25.2. The summed E-state index contributed by atoms with van der Waals surface area (Å²) in [5.74, 6) is -1.54. The molecule has 3 unspecified atom stereocenters. The summed E-state index contributed by atoms with van der Waals surface area (Å²) < 4.78 is 0. The number of fused-ring (bicyclic) bond motifs is 1. The first-order valence-electron chi connectivity index (χ1n) is 11.9. The van der Waals surface area contributed by atoms with Gasteiger partial charge in [-0.1, -0.05) is 36.4 Å². The van der Waals surface area contributed by atoms with Crippen molar-refractivity contribution in [2.24, 2.45) is 0 Å². The monoisotopic (exact) mass is 460 g/mol. The van der Waals surface area contributed by atoms with Crippen molar-refractivity contribution in [1.29, 1.82) is 0 Å². The fourth-order valence-corrected chi connectivity index (χ4v) is 5.26. The Balaban J connectivity index is 1.31. The minimum Gasteiger partial charge on any atom is -0.317 e. The van der Waals surface area contributed by atoms with E-state index < -0.39 is 23.8 Å². The van der Waals surface area contributed by atoms with Crippen molar-refractivity contribution < 1.29 is 19.2 Å². The van der Waals surface area contributed by atoms with Crippen LogP contribution in [0, 0.1) is 0 Å². The number of rotatable bonds is 5. The highest BCUT2D eigenvalue weighted by Gasteiger charge is 2.44. The van der Waals surface area contributed by atoms with Gasteiger partial charge in [0.1, 0.15) is 6.04 Å². The Morgan fingerprint density at radius 1 is 0.882 bits per heavy atom. The third-order valence-corrected chi connectivity index (χ3v) is 7.05. The molecule has 0 radical (unpaired) electrons. The van der Waals surface area contributed by atoms with Gasteiger partial charge in [-0.15, -0.1) is 0 Å². The number of carbonyl (C=O) groups excluding carboxylic acids is 4. The highest BCUT2D eigenvalue weighted by Crippen LogP contribution is 2.30. The summed E-state index contributed by atoms with van der Waals surface area (Å²) in [5, 5.41) is 9.39. The lowest BCUT2D eigenvalue weighted by atomic mass is 9.87. The third-order valence-electron chi connectivity index (χ3n) is 7.05. The van der Waals surface area contributed by atoms with E-state index in [1.54, 1.807) is 12.1 Å². The number of nitrogens with one attached hydrogen (secondary N) is 3. The Bertz CT molecular complexity index is 1130. The maximum absolute atomic E-state index is 13.1. The molecule has 0 aliphatic carbocycles. The first-order chi connectivity index (χ1) is 16.5. The van der Waals surface area contributed by atoms with E-state index in [0.717, 1.165) is 36.4 Å². The van der Waals surface area contributed by atoms with Gasteiger partial charge in [-0.3, -0.25) is 29.4 Å². The largest absolute Gasteiger partial charge is 0.317 e. The predicted molar refractivity (Wildman–Crippen MR) is 125 cm³/mol. The van der Waals surface area contributed by atoms with Gasteiger partial charge in [0.25, 0.3) is 11.8 Å². The number of hydrogen-bond donors (Lipinski definition) is 3. The zero-order chi connectivity index (χ0) is 23.7. The van der Waals surface area contributed by atoms with E-state index in [-0.39, 0.29) is 24.8 Å². The van der Waals surface area contributed by atoms with E-state index in [1.807, 2.05) is 12.1 Å². The molecule has 0 saturated carbocycles. The molecule has 0 spiro atoms. The van der Waals surface area contributed by atoms with E-state index in [0.29, 0.717) is 23.6 Å². The van der Waals surface area contributed by atoms with Gasteiger partial charge in [0.2, 0.25) is 11.8 Å². The van der Waals surface area contributed by atoms with Crippen LogP contribution < -0.4 is 16.0 Å². The van der Waals surface area contributed by atoms with Crippen LogP contribution in [0.15, 0.2) is 48.5 Å². The second-order valence-electron chi connectivity index (χ2n) is 9.16. The van der Waals surface area contributed by atoms with E-state index in [4.69, 9.17) is 0 Å². The zero-order valence-corrected chi connectivity index (χ0v) is 18.9. The second-order valence-corrected chi connectivity index (χ2v) is 9.16. The molecule has 2 saturated heterocycles. The molecule has 3 N–H and O–H groups in total. The molecule has 3 heterocycles. The number of piperidine rings is 1. The Morgan fingerprint density at radius 3 is 2.44 bits per heavy atom. The minimum atomic E-state index is -0.947. The molecule has 2 aromatic carbocycles. The predicted octanol–water partition coefficient (Wildman–Crippen LogP) is 1.71. The summed E-state index contributed by atoms with van der Waals surface area (Å²) in [5.41, 5.74) is 2.85. The summed E-state index contributed by atoms with van der Waals surface area (Å²) >= 11 is 0. The molecule has 5 rings (SSSR count). The van der Waals surface area contributed by atoms with Crippen LogP contribution in [0.1, 0.15) is 63.4 Å². The van der Waals surface area contributed by atoms with Gasteiger partial charge in [-0.05, 0) is 55.6 Å². The van der Waals surface area contributed by atoms with Gasteiger partial charge in [-0.25, -0.2) is 0 Å². The molecule has 4 amide bonds. The first kappa shape index (κ1) is 22.4. The summed E-state index contributed by atoms with van der Waals surface area (Å²) in [7, 11) is 0. The summed E-state index contributed by atoms with van der Waals surface area (Å²) in [6.07, 6.45) is 2.30. The molecule has 2 aromatic rings. The second kappa shape index (κ2) is 9.48. The molecule has 8 nitrogen and oxygen atoms in total. The summed E-state index contributed by atoms with van der Waals surface area (Å²) in [4.78, 5) is 50.7. The van der Waals surface area contributed by atoms with Crippen LogP contribution >= 0.6 is 0 Å². The van der Waals surface area contributed by atoms with Gasteiger partial charge >= 0.3 is 0 Å². The van der Waals surface area contributed by atoms with Crippen LogP contribution in [0.4, 0.5) is 0 Å². The quantitative estimate of drug-likeness (QED) is 0.587. The average molecular weight is 461 g/mol. The lowest BCUT2D eigenvalue weighted by Crippen LogP contribution is -2.54. The molecular weight excluding hydrogens is 432 g/mol. The van der Waals surface area contributed by atoms with Crippen LogP contribution in [-0.2, 0) is 16.1 Å². The fraction of sp³-hybridized carbons (Fsp3) is 0.385. The van der Waals surface area contributed by atoms with E-state index in [9.17, 15) is 19.2 Å². The van der Waals surface area contributed by atoms with Crippen molar-refractivity contribution in [3.8, 4) is 0 Å². The van der Waals surface area contributed by atoms with Crippen LogP contribution in [0.5, 0.6) is 0 Å². The molecular formula is C26H28N4O4. The van der Waals surface area contributed by atoms with Crippen molar-refractivity contribution in [3.63, 3.8) is 0 Å². The maximum Gasteiger partial charge on any atom is 0.262 e. The number of benzene rings is 2. The molecule has 3 aliphatic rings. The fourth-order valence-electron chi connectivity index (χ4n) is 5.26. The van der Waals surface area contributed by atoms with Crippen LogP contribution in [0.25, 0.3) is 0 Å². The molecule has 0 aromatic heterocycles. The first-order valence-corrected chi connectivity index (χ1v) is 11.9. The van der Waals surface area contributed by atoms with Crippen molar-refractivity contribution in [3.05, 3.63) is 70.8 Å². The van der Waals surface area contributed by atoms with Gasteiger partial charge in [0.15, 0.2) is 0 Å². The molecule has 176 valence electrons. The molecule has 2 fully saturated rings. The van der Waals surface area contributed by atoms with E-state index in [1.165, 1.54) is 5.56 Å². The minimum absolute atomic E-state index is 0.109. The molecule has 0 bridgehead atoms. The standard InChI is InChI=1S/C26H28N4O4/c31-23-9-8-22(24(32)29-23)30-25(33)19-7-6-16(14-20(19)26(30)34)15-28-21-11-13-27-12-10-18(21)17-4-2-1-3-5-17/h1-7,14,18,21-22,27-28H,8-13,15H2,(H,29,31,32). The van der Waals surface area contributed by atoms with Crippen molar-refractivity contribution >= 4 is 23.6 Å². The summed E-state index contributed by atoms with van der Waals surface area (Å²) in [6, 6.07) is 15.1. The number of amides is 4. The zero-order valence-electron chi connectivity index (χ0n) is 18.9. The Morgan fingerprint density at radius 2 is 1.65 bits per heavy atom. The van der Waals surface area contributed by atoms with Gasteiger partial charge in [0.05, 0.1) is 11.1 Å². The van der Waals surface area contributed by atoms with Gasteiger partial charge in [-0.2, -0.15) is 0 Å². The van der Waals surface area contributed by atoms with Crippen LogP contribution in [0.3, 0.4) is 0 Å². The Labute approximate surface area is 198 Å². The van der Waals surface area contributed by atoms with Crippen LogP contribution in [-0.4, -0.2) is 53.7 Å². The van der Waals surface area contributed by atoms with Crippen molar-refractivity contribution in [2.75, 3.05) is 13.1 Å². The third kappa shape index (κ3) is 4.26. The number of carbonyl (C=O) groups is 4. The smallest absolute Gasteiger partial charge is 0.262 e. The topological polar surface area (TPSA) is 108 Å². The molecule has 3 atom stereocenters. The van der Waals surface area contributed by atoms with E-state index in [2.05, 4.69) is 40.2 Å². The highest BCUT2D eigenvalue weighted by atomic mass is 16.2. The molecule has 8 heteroatoms. The molecule has 34 heavy (non-hydrogen) atoms. The summed E-state index contributed by atoms with van der Waals surface area (Å²) in [6.45, 7) is 2.49. The van der Waals surface area contributed by atoms with Gasteiger partial charge < -0.3 is 10.6 Å². The Hall–Kier alpha value is -3.36. The number of nitrogens with zero attached hydrogens (tertiary/aromatic N) is 1. The number of hydrogen-bond acceptors (Lipinski definition) is 6. The maximum atomic E-state index is 13.1. The average Bonchev–Trinajstić information content (AvgIpc) is 2.99. The Kier molecular flexibility index (Phi) is 6.26. The van der Waals surface area contributed by atoms with Crippen LogP contribution in [0.2, 0.25) is 0 Å². The SMILES string of the molecule is O=C1CCC(N2C(=O)c3ccc(CNC4CCNCCC4c4ccccc4)cc3C2=O)C(=O)N1. The lowest BCUT2D eigenvalue weighted by molar-refractivity contribution is -0.136. The highest BCUT2D eigenvalue weighted by molar-refractivity contribution is 6.23. The van der Waals surface area contributed by atoms with E-state index >= 15 is 0 Å².